The van der Waals surface area contributed by atoms with Crippen molar-refractivity contribution in [2.45, 2.75) is 6.04 Å². The summed E-state index contributed by atoms with van der Waals surface area (Å²) in [5.41, 5.74) is 2.32. The van der Waals surface area contributed by atoms with Crippen molar-refractivity contribution in [2.75, 3.05) is 7.11 Å². The number of nitrogens with one attached hydrogen (secondary N) is 2. The van der Waals surface area contributed by atoms with E-state index in [2.05, 4.69) is 15.7 Å². The molecule has 2 N–H and O–H groups in total. The predicted octanol–water partition coefficient (Wildman–Crippen LogP) is 2.57. The highest BCUT2D eigenvalue weighted by Crippen LogP contribution is 2.30. The Labute approximate surface area is 153 Å². The minimum atomic E-state index is -0.878. The van der Waals surface area contributed by atoms with Crippen LogP contribution < -0.4 is 15.4 Å². The highest BCUT2D eigenvalue weighted by atomic mass is 19.1. The van der Waals surface area contributed by atoms with E-state index in [1.54, 1.807) is 42.3 Å². The van der Waals surface area contributed by atoms with E-state index in [9.17, 15) is 14.0 Å². The molecule has 4 rings (SSSR count). The third-order valence-corrected chi connectivity index (χ3v) is 4.26. The first-order chi connectivity index (χ1) is 13.0. The van der Waals surface area contributed by atoms with Crippen molar-refractivity contribution in [1.82, 2.24) is 20.4 Å². The van der Waals surface area contributed by atoms with Gasteiger partial charge in [-0.25, -0.2) is 13.9 Å². The summed E-state index contributed by atoms with van der Waals surface area (Å²) in [7, 11) is 1.57. The van der Waals surface area contributed by atoms with Gasteiger partial charge in [0.2, 0.25) is 0 Å². The number of nitrogens with zero attached hydrogens (tertiary/aromatic N) is 2. The molecule has 136 valence electrons. The lowest BCUT2D eigenvalue weighted by atomic mass is 10.0. The first-order valence-corrected chi connectivity index (χ1v) is 8.16. The molecule has 2 heterocycles. The van der Waals surface area contributed by atoms with E-state index in [-0.39, 0.29) is 5.82 Å². The van der Waals surface area contributed by atoms with E-state index in [1.165, 1.54) is 12.1 Å². The molecular weight excluding hydrogens is 351 g/mol. The highest BCUT2D eigenvalue weighted by molar-refractivity contribution is 6.05. The zero-order valence-electron chi connectivity index (χ0n) is 14.3. The van der Waals surface area contributed by atoms with Crippen molar-refractivity contribution in [1.29, 1.82) is 0 Å². The summed E-state index contributed by atoms with van der Waals surface area (Å²) in [5, 5.41) is 9.36. The molecule has 8 heteroatoms. The van der Waals surface area contributed by atoms with Crippen LogP contribution in [0.4, 0.5) is 9.18 Å². The summed E-state index contributed by atoms with van der Waals surface area (Å²) in [6, 6.07) is 11.6. The number of methoxy groups -OCH3 is 1. The molecule has 1 saturated heterocycles. The van der Waals surface area contributed by atoms with Gasteiger partial charge in [0, 0.05) is 23.4 Å². The molecule has 0 radical (unpaired) electrons. The summed E-state index contributed by atoms with van der Waals surface area (Å²) < 4.78 is 20.1. The molecule has 0 bridgehead atoms. The van der Waals surface area contributed by atoms with Crippen LogP contribution in [0.15, 0.2) is 54.7 Å². The van der Waals surface area contributed by atoms with Crippen LogP contribution in [-0.4, -0.2) is 28.8 Å². The lowest BCUT2D eigenvalue weighted by Gasteiger charge is -2.07. The number of carbonyl (C=O) groups excluding carboxylic acids is 2. The number of amides is 3. The van der Waals surface area contributed by atoms with Gasteiger partial charge in [-0.2, -0.15) is 5.10 Å². The number of carbonyl (C=O) groups is 2. The van der Waals surface area contributed by atoms with Gasteiger partial charge in [0.05, 0.1) is 18.5 Å². The number of imide groups is 1. The van der Waals surface area contributed by atoms with Gasteiger partial charge in [-0.3, -0.25) is 10.1 Å². The average molecular weight is 366 g/mol. The average Bonchev–Trinajstić information content (AvgIpc) is 3.25. The minimum absolute atomic E-state index is 0.376. The molecule has 0 spiro atoms. The number of ether oxygens (including phenoxy) is 1. The maximum Gasteiger partial charge on any atom is 0.322 e. The Morgan fingerprint density at radius 2 is 1.93 bits per heavy atom. The van der Waals surface area contributed by atoms with E-state index in [4.69, 9.17) is 4.74 Å². The number of hydrogen-bond acceptors (Lipinski definition) is 4. The molecule has 7 nitrogen and oxygen atoms in total. The molecule has 3 amide bonds. The van der Waals surface area contributed by atoms with Gasteiger partial charge >= 0.3 is 6.03 Å². The SMILES string of the molecule is COc1cccc(-n2cc(C3NC(=O)NC3=O)c(-c3ccc(F)cc3)n2)c1. The van der Waals surface area contributed by atoms with Crippen LogP contribution in [0.5, 0.6) is 5.75 Å². The molecule has 1 aliphatic rings. The molecule has 1 aliphatic heterocycles. The topological polar surface area (TPSA) is 85.2 Å². The number of benzene rings is 2. The quantitative estimate of drug-likeness (QED) is 0.695. The first-order valence-electron chi connectivity index (χ1n) is 8.16. The van der Waals surface area contributed by atoms with Crippen molar-refractivity contribution in [3.63, 3.8) is 0 Å². The fourth-order valence-corrected chi connectivity index (χ4v) is 2.95. The van der Waals surface area contributed by atoms with Crippen molar-refractivity contribution in [2.24, 2.45) is 0 Å². The summed E-state index contributed by atoms with van der Waals surface area (Å²) in [6.45, 7) is 0. The fraction of sp³-hybridized carbons (Fsp3) is 0.105. The van der Waals surface area contributed by atoms with Gasteiger partial charge in [0.15, 0.2) is 0 Å². The normalized spacial score (nSPS) is 16.1. The number of rotatable bonds is 4. The second-order valence-corrected chi connectivity index (χ2v) is 5.98. The van der Waals surface area contributed by atoms with Crippen molar-refractivity contribution >= 4 is 11.9 Å². The van der Waals surface area contributed by atoms with Crippen LogP contribution in [0.2, 0.25) is 0 Å². The van der Waals surface area contributed by atoms with E-state index >= 15 is 0 Å². The second kappa shape index (κ2) is 6.56. The summed E-state index contributed by atoms with van der Waals surface area (Å²) in [6.07, 6.45) is 1.67. The second-order valence-electron chi connectivity index (χ2n) is 5.98. The predicted molar refractivity (Wildman–Crippen MR) is 94.9 cm³/mol. The molecular formula is C19H15FN4O3. The third kappa shape index (κ3) is 3.12. The maximum absolute atomic E-state index is 13.3. The summed E-state index contributed by atoms with van der Waals surface area (Å²) >= 11 is 0. The lowest BCUT2D eigenvalue weighted by Crippen LogP contribution is -2.22. The van der Waals surface area contributed by atoms with E-state index in [1.807, 2.05) is 12.1 Å². The zero-order chi connectivity index (χ0) is 19.0. The van der Waals surface area contributed by atoms with Crippen LogP contribution >= 0.6 is 0 Å². The summed E-state index contributed by atoms with van der Waals surface area (Å²) in [4.78, 5) is 23.7. The number of aromatic nitrogens is 2. The van der Waals surface area contributed by atoms with Gasteiger partial charge < -0.3 is 10.1 Å². The van der Waals surface area contributed by atoms with Gasteiger partial charge in [-0.15, -0.1) is 0 Å². The van der Waals surface area contributed by atoms with Gasteiger partial charge in [0.25, 0.3) is 5.91 Å². The molecule has 0 aliphatic carbocycles. The van der Waals surface area contributed by atoms with Crippen molar-refractivity contribution < 1.29 is 18.7 Å². The Balaban J connectivity index is 1.85. The Bertz CT molecular complexity index is 1030. The van der Waals surface area contributed by atoms with Crippen LogP contribution in [-0.2, 0) is 4.79 Å². The summed E-state index contributed by atoms with van der Waals surface area (Å²) in [5.74, 6) is -0.187. The molecule has 2 aromatic carbocycles. The Morgan fingerprint density at radius 3 is 2.59 bits per heavy atom. The molecule has 1 fully saturated rings. The van der Waals surface area contributed by atoms with E-state index in [0.29, 0.717) is 28.3 Å². The Hall–Kier alpha value is -3.68. The van der Waals surface area contributed by atoms with Crippen LogP contribution in [0.1, 0.15) is 11.6 Å². The van der Waals surface area contributed by atoms with Gasteiger partial charge in [-0.1, -0.05) is 6.07 Å². The molecule has 1 atom stereocenters. The molecule has 1 unspecified atom stereocenters. The zero-order valence-corrected chi connectivity index (χ0v) is 14.3. The maximum atomic E-state index is 13.3. The number of halogens is 1. The largest absolute Gasteiger partial charge is 0.497 e. The molecule has 27 heavy (non-hydrogen) atoms. The third-order valence-electron chi connectivity index (χ3n) is 4.26. The van der Waals surface area contributed by atoms with Crippen LogP contribution in [0, 0.1) is 5.82 Å². The van der Waals surface area contributed by atoms with E-state index in [0.717, 1.165) is 0 Å². The van der Waals surface area contributed by atoms with E-state index < -0.39 is 18.0 Å². The van der Waals surface area contributed by atoms with Gasteiger partial charge in [0.1, 0.15) is 17.6 Å². The minimum Gasteiger partial charge on any atom is -0.497 e. The Kier molecular flexibility index (Phi) is 4.08. The fourth-order valence-electron chi connectivity index (χ4n) is 2.95. The van der Waals surface area contributed by atoms with Gasteiger partial charge in [-0.05, 0) is 36.4 Å². The van der Waals surface area contributed by atoms with Crippen molar-refractivity contribution in [3.8, 4) is 22.7 Å². The highest BCUT2D eigenvalue weighted by Gasteiger charge is 2.34. The standard InChI is InChI=1S/C19H15FN4O3/c1-27-14-4-2-3-13(9-14)24-10-15(17-18(25)22-19(26)21-17)16(23-24)11-5-7-12(20)8-6-11/h2-10,17H,1H3,(H2,21,22,25,26). The van der Waals surface area contributed by atoms with Crippen molar-refractivity contribution in [3.05, 3.63) is 66.1 Å². The molecule has 3 aromatic rings. The van der Waals surface area contributed by atoms with Crippen LogP contribution in [0.3, 0.4) is 0 Å². The monoisotopic (exact) mass is 366 g/mol. The number of hydrogen-bond donors (Lipinski definition) is 2. The molecule has 0 saturated carbocycles. The lowest BCUT2D eigenvalue weighted by molar-refractivity contribution is -0.120. The van der Waals surface area contributed by atoms with Crippen LogP contribution in [0.25, 0.3) is 16.9 Å². The first kappa shape index (κ1) is 16.8. The smallest absolute Gasteiger partial charge is 0.322 e. The molecule has 1 aromatic heterocycles. The Morgan fingerprint density at radius 1 is 1.15 bits per heavy atom. The number of urea groups is 1.